The molecule has 0 saturated carbocycles. The van der Waals surface area contributed by atoms with Crippen molar-refractivity contribution in [2.75, 3.05) is 6.61 Å². The molecule has 0 amide bonds. The molecular formula is C24H31N4O9P. The maximum absolute atomic E-state index is 13.7. The maximum Gasteiger partial charge on any atom is 0.459 e. The molecule has 206 valence electrons. The number of nitrogens with one attached hydrogen (secondary N) is 2. The molecule has 2 aromatic rings. The summed E-state index contributed by atoms with van der Waals surface area (Å²) in [6.07, 6.45) is -3.34. The van der Waals surface area contributed by atoms with Gasteiger partial charge in [0.2, 0.25) is 0 Å². The molecule has 0 radical (unpaired) electrons. The van der Waals surface area contributed by atoms with Gasteiger partial charge in [-0.1, -0.05) is 24.1 Å². The number of nitrogens with zero attached hydrogens (tertiary/aromatic N) is 1. The highest BCUT2D eigenvalue weighted by Gasteiger charge is 2.55. The van der Waals surface area contributed by atoms with E-state index in [9.17, 15) is 24.1 Å². The number of carbonyl (C=O) groups excluding carboxylic acids is 1. The number of H-pyrrole nitrogens is 1. The normalized spacial score (nSPS) is 25.2. The van der Waals surface area contributed by atoms with Gasteiger partial charge in [0.1, 0.15) is 24.0 Å². The van der Waals surface area contributed by atoms with E-state index in [2.05, 4.69) is 21.9 Å². The summed E-state index contributed by atoms with van der Waals surface area (Å²) in [5.41, 5.74) is 3.12. The SMILES string of the molecule is CC#CC1(N)[C@@H](O)[C@@H](COP(=O)(N[C@@H](C)C(=O)OC(C)C)Oc2ccccc2)O[C@H]1n1ccc(=O)[nH]c1=O. The average molecular weight is 551 g/mol. The summed E-state index contributed by atoms with van der Waals surface area (Å²) in [7, 11) is -4.27. The van der Waals surface area contributed by atoms with E-state index in [1.165, 1.54) is 26.0 Å². The number of aromatic amines is 1. The summed E-state index contributed by atoms with van der Waals surface area (Å²) in [6, 6.07) is 8.10. The highest BCUT2D eigenvalue weighted by Crippen LogP contribution is 2.46. The second-order valence-corrected chi connectivity index (χ2v) is 10.5. The highest BCUT2D eigenvalue weighted by molar-refractivity contribution is 7.52. The van der Waals surface area contributed by atoms with E-state index in [0.29, 0.717) is 0 Å². The molecule has 1 aliphatic heterocycles. The Hall–Kier alpha value is -3.24. The smallest absolute Gasteiger partial charge is 0.459 e. The Morgan fingerprint density at radius 1 is 1.29 bits per heavy atom. The molecule has 2 unspecified atom stereocenters. The van der Waals surface area contributed by atoms with Crippen molar-refractivity contribution < 1.29 is 33.0 Å². The molecule has 2 heterocycles. The summed E-state index contributed by atoms with van der Waals surface area (Å²) < 4.78 is 36.9. The van der Waals surface area contributed by atoms with E-state index in [0.717, 1.165) is 16.8 Å². The molecule has 14 heteroatoms. The number of carbonyl (C=O) groups is 1. The fraction of sp³-hybridized carbons (Fsp3) is 0.458. The molecule has 38 heavy (non-hydrogen) atoms. The van der Waals surface area contributed by atoms with Gasteiger partial charge in [-0.3, -0.25) is 23.7 Å². The van der Waals surface area contributed by atoms with Crippen molar-refractivity contribution in [2.24, 2.45) is 5.73 Å². The van der Waals surface area contributed by atoms with Crippen LogP contribution in [0.4, 0.5) is 0 Å². The second-order valence-electron chi connectivity index (χ2n) is 8.83. The lowest BCUT2D eigenvalue weighted by atomic mass is 9.91. The molecule has 13 nitrogen and oxygen atoms in total. The number of nitrogens with two attached hydrogens (primary N) is 1. The van der Waals surface area contributed by atoms with E-state index in [4.69, 9.17) is 24.3 Å². The second kappa shape index (κ2) is 12.1. The van der Waals surface area contributed by atoms with Crippen LogP contribution in [0.1, 0.15) is 33.9 Å². The number of benzene rings is 1. The first-order valence-corrected chi connectivity index (χ1v) is 13.3. The molecule has 1 aromatic heterocycles. The van der Waals surface area contributed by atoms with Gasteiger partial charge >= 0.3 is 19.4 Å². The van der Waals surface area contributed by atoms with Crippen molar-refractivity contribution in [1.82, 2.24) is 14.6 Å². The molecule has 5 N–H and O–H groups in total. The number of ether oxygens (including phenoxy) is 2. The van der Waals surface area contributed by atoms with Gasteiger partial charge in [0.15, 0.2) is 11.8 Å². The minimum atomic E-state index is -4.27. The van der Waals surface area contributed by atoms with Crippen LogP contribution >= 0.6 is 7.75 Å². The molecule has 1 saturated heterocycles. The fourth-order valence-electron chi connectivity index (χ4n) is 3.70. The predicted octanol–water partition coefficient (Wildman–Crippen LogP) is 0.649. The summed E-state index contributed by atoms with van der Waals surface area (Å²) >= 11 is 0. The minimum Gasteiger partial charge on any atom is -0.462 e. The largest absolute Gasteiger partial charge is 0.462 e. The number of rotatable bonds is 10. The van der Waals surface area contributed by atoms with Crippen LogP contribution in [0.5, 0.6) is 5.75 Å². The third-order valence-electron chi connectivity index (χ3n) is 5.43. The van der Waals surface area contributed by atoms with Crippen LogP contribution < -0.4 is 26.6 Å². The molecule has 6 atom stereocenters. The molecular weight excluding hydrogens is 519 g/mol. The first-order chi connectivity index (χ1) is 17.9. The van der Waals surface area contributed by atoms with Crippen molar-refractivity contribution in [2.45, 2.75) is 63.8 Å². The number of hydrogen-bond donors (Lipinski definition) is 4. The Bertz CT molecular complexity index is 1350. The molecule has 1 fully saturated rings. The number of hydrogen-bond acceptors (Lipinski definition) is 10. The Balaban J connectivity index is 1.86. The average Bonchev–Trinajstić information content (AvgIpc) is 3.08. The molecule has 0 spiro atoms. The van der Waals surface area contributed by atoms with Gasteiger partial charge < -0.3 is 24.8 Å². The minimum absolute atomic E-state index is 0.184. The van der Waals surface area contributed by atoms with Gasteiger partial charge in [0, 0.05) is 12.3 Å². The zero-order valence-corrected chi connectivity index (χ0v) is 22.2. The van der Waals surface area contributed by atoms with Gasteiger partial charge in [-0.25, -0.2) is 9.36 Å². The summed E-state index contributed by atoms with van der Waals surface area (Å²) in [5, 5.41) is 13.6. The maximum atomic E-state index is 13.7. The van der Waals surface area contributed by atoms with Crippen molar-refractivity contribution in [1.29, 1.82) is 0 Å². The van der Waals surface area contributed by atoms with Gasteiger partial charge in [0.05, 0.1) is 12.7 Å². The zero-order chi connectivity index (χ0) is 28.1. The summed E-state index contributed by atoms with van der Waals surface area (Å²) in [6.45, 7) is 5.71. The van der Waals surface area contributed by atoms with Crippen LogP contribution in [0.15, 0.2) is 52.2 Å². The van der Waals surface area contributed by atoms with E-state index in [1.807, 2.05) is 0 Å². The van der Waals surface area contributed by atoms with Crippen LogP contribution in [0.2, 0.25) is 0 Å². The lowest BCUT2D eigenvalue weighted by Crippen LogP contribution is -2.55. The molecule has 1 aliphatic rings. The Kier molecular flexibility index (Phi) is 9.32. The van der Waals surface area contributed by atoms with Gasteiger partial charge in [-0.15, -0.1) is 5.92 Å². The Morgan fingerprint density at radius 2 is 1.97 bits per heavy atom. The number of aliphatic hydroxyl groups excluding tert-OH is 1. The first-order valence-electron chi connectivity index (χ1n) is 11.7. The topological polar surface area (TPSA) is 184 Å². The van der Waals surface area contributed by atoms with Crippen LogP contribution in [0, 0.1) is 11.8 Å². The molecule has 0 aliphatic carbocycles. The zero-order valence-electron chi connectivity index (χ0n) is 21.3. The summed E-state index contributed by atoms with van der Waals surface area (Å²) in [5.74, 6) is 4.76. The van der Waals surface area contributed by atoms with E-state index in [1.54, 1.807) is 32.0 Å². The third kappa shape index (κ3) is 6.79. The van der Waals surface area contributed by atoms with E-state index < -0.39 is 67.7 Å². The lowest BCUT2D eigenvalue weighted by molar-refractivity contribution is -0.149. The van der Waals surface area contributed by atoms with Crippen LogP contribution in [0.25, 0.3) is 0 Å². The number of aromatic nitrogens is 2. The molecule has 3 rings (SSSR count). The van der Waals surface area contributed by atoms with E-state index in [-0.39, 0.29) is 5.75 Å². The first kappa shape index (κ1) is 29.3. The summed E-state index contributed by atoms with van der Waals surface area (Å²) in [4.78, 5) is 38.3. The van der Waals surface area contributed by atoms with Gasteiger partial charge in [-0.05, 0) is 39.8 Å². The number of para-hydroxylation sites is 1. The quantitative estimate of drug-likeness (QED) is 0.185. The fourth-order valence-corrected chi connectivity index (χ4v) is 5.20. The third-order valence-corrected chi connectivity index (χ3v) is 7.08. The Morgan fingerprint density at radius 3 is 2.58 bits per heavy atom. The van der Waals surface area contributed by atoms with Crippen LogP contribution in [0.3, 0.4) is 0 Å². The van der Waals surface area contributed by atoms with Gasteiger partial charge in [-0.2, -0.15) is 5.09 Å². The molecule has 0 bridgehead atoms. The van der Waals surface area contributed by atoms with Crippen LogP contribution in [-0.4, -0.2) is 57.1 Å². The number of esters is 1. The van der Waals surface area contributed by atoms with Crippen molar-refractivity contribution in [3.8, 4) is 17.6 Å². The van der Waals surface area contributed by atoms with Crippen molar-refractivity contribution >= 4 is 13.7 Å². The molecule has 1 aromatic carbocycles. The predicted molar refractivity (Wildman–Crippen MR) is 136 cm³/mol. The monoisotopic (exact) mass is 550 g/mol. The van der Waals surface area contributed by atoms with Crippen molar-refractivity contribution in [3.05, 3.63) is 63.4 Å². The van der Waals surface area contributed by atoms with Crippen LogP contribution in [-0.2, 0) is 23.4 Å². The Labute approximate surface area is 218 Å². The van der Waals surface area contributed by atoms with Crippen molar-refractivity contribution in [3.63, 3.8) is 0 Å². The van der Waals surface area contributed by atoms with E-state index >= 15 is 0 Å². The van der Waals surface area contributed by atoms with Gasteiger partial charge in [0.25, 0.3) is 5.56 Å². The highest BCUT2D eigenvalue weighted by atomic mass is 31.2. The lowest BCUT2D eigenvalue weighted by Gasteiger charge is -2.28. The standard InChI is InChI=1S/C24H31N4O9P/c1-5-12-24(25)20(30)18(36-22(24)28-13-11-19(29)26-23(28)32)14-34-38(33,37-17-9-7-6-8-10-17)27-16(4)21(31)35-15(2)3/h6-11,13,15-16,18,20,22,30H,14,25H2,1-4H3,(H,27,33)(H,26,29,32)/t16-,18+,20-,22+,24?,38?/m0/s1. The number of aliphatic hydroxyl groups is 1.